The summed E-state index contributed by atoms with van der Waals surface area (Å²) in [6.45, 7) is 8.41. The van der Waals surface area contributed by atoms with Crippen LogP contribution in [0.15, 0.2) is 83.9 Å². The summed E-state index contributed by atoms with van der Waals surface area (Å²) in [7, 11) is 1.88. The fourth-order valence-electron chi connectivity index (χ4n) is 6.47. The standard InChI is InChI=1S/C35H42N2O/c1-5-28-17-12-18-29(6-2)34(28)33-23-35(38-4,22-26(3)36-33)25-37(24-27-13-8-7-9-14-27)32-20-19-30-15-10-11-16-31(30)21-32/h7-18,23,32H,5-6,19-22,24-25H2,1-4H3. The fraction of sp³-hybridized carbons (Fsp3) is 0.400. The molecule has 0 N–H and O–H groups in total. The molecule has 3 nitrogen and oxygen atoms in total. The van der Waals surface area contributed by atoms with E-state index in [-0.39, 0.29) is 0 Å². The normalized spacial score (nSPS) is 21.1. The average Bonchev–Trinajstić information content (AvgIpc) is 2.96. The van der Waals surface area contributed by atoms with Gasteiger partial charge in [0.05, 0.1) is 5.70 Å². The molecule has 0 radical (unpaired) electrons. The first-order chi connectivity index (χ1) is 18.5. The highest BCUT2D eigenvalue weighted by Crippen LogP contribution is 2.36. The lowest BCUT2D eigenvalue weighted by Crippen LogP contribution is -2.50. The summed E-state index contributed by atoms with van der Waals surface area (Å²) >= 11 is 0. The van der Waals surface area contributed by atoms with Crippen LogP contribution in [-0.4, -0.2) is 35.9 Å². The Balaban J connectivity index is 1.52. The van der Waals surface area contributed by atoms with Crippen LogP contribution in [0.4, 0.5) is 0 Å². The van der Waals surface area contributed by atoms with Crippen LogP contribution in [0.1, 0.15) is 67.0 Å². The first kappa shape index (κ1) is 26.6. The number of rotatable bonds is 9. The second-order valence-electron chi connectivity index (χ2n) is 11.0. The molecule has 198 valence electrons. The quantitative estimate of drug-likeness (QED) is 0.301. The average molecular weight is 507 g/mol. The van der Waals surface area contributed by atoms with E-state index in [1.165, 1.54) is 39.8 Å². The van der Waals surface area contributed by atoms with E-state index in [1.54, 1.807) is 0 Å². The van der Waals surface area contributed by atoms with E-state index in [0.29, 0.717) is 6.04 Å². The van der Waals surface area contributed by atoms with Crippen molar-refractivity contribution in [1.29, 1.82) is 0 Å². The monoisotopic (exact) mass is 506 g/mol. The van der Waals surface area contributed by atoms with E-state index in [2.05, 4.69) is 105 Å². The summed E-state index contributed by atoms with van der Waals surface area (Å²) in [4.78, 5) is 7.81. The number of benzene rings is 3. The summed E-state index contributed by atoms with van der Waals surface area (Å²) < 4.78 is 6.48. The Kier molecular flexibility index (Phi) is 8.26. The highest BCUT2D eigenvalue weighted by Gasteiger charge is 2.37. The molecule has 0 aromatic heterocycles. The lowest BCUT2D eigenvalue weighted by molar-refractivity contribution is -0.00959. The van der Waals surface area contributed by atoms with Crippen LogP contribution >= 0.6 is 0 Å². The third kappa shape index (κ3) is 5.70. The van der Waals surface area contributed by atoms with Crippen LogP contribution < -0.4 is 0 Å². The number of aryl methyl sites for hydroxylation is 3. The van der Waals surface area contributed by atoms with Gasteiger partial charge in [0.1, 0.15) is 5.60 Å². The predicted molar refractivity (Wildman–Crippen MR) is 160 cm³/mol. The van der Waals surface area contributed by atoms with E-state index in [0.717, 1.165) is 56.6 Å². The smallest absolute Gasteiger partial charge is 0.106 e. The zero-order chi connectivity index (χ0) is 26.5. The lowest BCUT2D eigenvalue weighted by atomic mass is 9.84. The summed E-state index contributed by atoms with van der Waals surface area (Å²) in [5.74, 6) is 0. The molecule has 1 heterocycles. The number of ether oxygens (including phenoxy) is 1. The van der Waals surface area contributed by atoms with Crippen molar-refractivity contribution < 1.29 is 4.74 Å². The van der Waals surface area contributed by atoms with Crippen molar-refractivity contribution >= 4 is 11.4 Å². The van der Waals surface area contributed by atoms with Crippen molar-refractivity contribution in [2.45, 2.75) is 77.5 Å². The van der Waals surface area contributed by atoms with Crippen LogP contribution in [-0.2, 0) is 37.0 Å². The Morgan fingerprint density at radius 1 is 0.895 bits per heavy atom. The van der Waals surface area contributed by atoms with Gasteiger partial charge in [-0.05, 0) is 72.9 Å². The van der Waals surface area contributed by atoms with Gasteiger partial charge in [-0.1, -0.05) is 86.6 Å². The molecule has 3 aromatic carbocycles. The van der Waals surface area contributed by atoms with Crippen LogP contribution in [0.5, 0.6) is 0 Å². The molecule has 1 aliphatic carbocycles. The SMILES string of the molecule is CCc1cccc(CC)c1C1=CC(CN(Cc2ccccc2)C2CCc3ccccc3C2)(OC)CC(C)=N1. The largest absolute Gasteiger partial charge is 0.372 e. The topological polar surface area (TPSA) is 24.8 Å². The lowest BCUT2D eigenvalue weighted by Gasteiger charge is -2.42. The van der Waals surface area contributed by atoms with E-state index in [4.69, 9.17) is 9.73 Å². The number of nitrogens with zero attached hydrogens (tertiary/aromatic N) is 2. The third-order valence-electron chi connectivity index (χ3n) is 8.46. The Hall–Kier alpha value is -3.01. The molecule has 0 saturated carbocycles. The fourth-order valence-corrected chi connectivity index (χ4v) is 6.47. The van der Waals surface area contributed by atoms with Gasteiger partial charge in [-0.3, -0.25) is 9.89 Å². The summed E-state index contributed by atoms with van der Waals surface area (Å²) in [6.07, 6.45) is 8.56. The van der Waals surface area contributed by atoms with Crippen molar-refractivity contribution in [2.24, 2.45) is 4.99 Å². The third-order valence-corrected chi connectivity index (χ3v) is 8.46. The second kappa shape index (κ2) is 11.8. The maximum Gasteiger partial charge on any atom is 0.106 e. The second-order valence-corrected chi connectivity index (χ2v) is 11.0. The van der Waals surface area contributed by atoms with Gasteiger partial charge >= 0.3 is 0 Å². The molecule has 3 heteroatoms. The zero-order valence-corrected chi connectivity index (χ0v) is 23.5. The number of aliphatic imine (C=N–C) groups is 1. The molecule has 2 atom stereocenters. The molecule has 0 bridgehead atoms. The van der Waals surface area contributed by atoms with Gasteiger partial charge < -0.3 is 4.74 Å². The molecule has 0 amide bonds. The molecule has 3 aromatic rings. The van der Waals surface area contributed by atoms with Crippen molar-refractivity contribution in [3.8, 4) is 0 Å². The van der Waals surface area contributed by atoms with Gasteiger partial charge in [-0.25, -0.2) is 0 Å². The molecule has 2 unspecified atom stereocenters. The van der Waals surface area contributed by atoms with Gasteiger partial charge in [-0.15, -0.1) is 0 Å². The molecule has 0 spiro atoms. The van der Waals surface area contributed by atoms with Crippen LogP contribution in [0.2, 0.25) is 0 Å². The molecule has 0 fully saturated rings. The summed E-state index contributed by atoms with van der Waals surface area (Å²) in [6, 6.07) is 27.1. The van der Waals surface area contributed by atoms with Crippen LogP contribution in [0, 0.1) is 0 Å². The molecule has 0 saturated heterocycles. The Bertz CT molecular complexity index is 1290. The Morgan fingerprint density at radius 3 is 2.26 bits per heavy atom. The van der Waals surface area contributed by atoms with Crippen LogP contribution in [0.3, 0.4) is 0 Å². The van der Waals surface area contributed by atoms with E-state index >= 15 is 0 Å². The van der Waals surface area contributed by atoms with Crippen LogP contribution in [0.25, 0.3) is 5.70 Å². The highest BCUT2D eigenvalue weighted by atomic mass is 16.5. The number of hydrogen-bond acceptors (Lipinski definition) is 3. The molecule has 5 rings (SSSR count). The minimum absolute atomic E-state index is 0.418. The molecule has 38 heavy (non-hydrogen) atoms. The predicted octanol–water partition coefficient (Wildman–Crippen LogP) is 7.46. The maximum absolute atomic E-state index is 6.48. The minimum atomic E-state index is -0.418. The van der Waals surface area contributed by atoms with Gasteiger partial charge in [0.2, 0.25) is 0 Å². The van der Waals surface area contributed by atoms with E-state index in [9.17, 15) is 0 Å². The minimum Gasteiger partial charge on any atom is -0.372 e. The van der Waals surface area contributed by atoms with E-state index in [1.807, 2.05) is 7.11 Å². The van der Waals surface area contributed by atoms with E-state index < -0.39 is 5.60 Å². The van der Waals surface area contributed by atoms with Gasteiger partial charge in [0, 0.05) is 43.9 Å². The number of fused-ring (bicyclic) bond motifs is 1. The zero-order valence-electron chi connectivity index (χ0n) is 23.5. The van der Waals surface area contributed by atoms with Crippen molar-refractivity contribution in [2.75, 3.05) is 13.7 Å². The van der Waals surface area contributed by atoms with Crippen molar-refractivity contribution in [3.63, 3.8) is 0 Å². The Labute approximate surface area is 229 Å². The van der Waals surface area contributed by atoms with Gasteiger partial charge in [0.15, 0.2) is 0 Å². The number of methoxy groups -OCH3 is 1. The highest BCUT2D eigenvalue weighted by molar-refractivity contribution is 5.92. The van der Waals surface area contributed by atoms with Gasteiger partial charge in [0.25, 0.3) is 0 Å². The molecular formula is C35H42N2O. The van der Waals surface area contributed by atoms with Crippen molar-refractivity contribution in [1.82, 2.24) is 4.90 Å². The molecule has 1 aliphatic heterocycles. The summed E-state index contributed by atoms with van der Waals surface area (Å²) in [5, 5.41) is 0. The van der Waals surface area contributed by atoms with Crippen molar-refractivity contribution in [3.05, 3.63) is 112 Å². The number of hydrogen-bond donors (Lipinski definition) is 0. The molecule has 2 aliphatic rings. The molecular weight excluding hydrogens is 464 g/mol. The first-order valence-electron chi connectivity index (χ1n) is 14.3. The summed E-state index contributed by atoms with van der Waals surface area (Å²) in [5.41, 5.74) is 10.2. The van der Waals surface area contributed by atoms with Gasteiger partial charge in [-0.2, -0.15) is 0 Å². The Morgan fingerprint density at radius 2 is 1.58 bits per heavy atom. The first-order valence-corrected chi connectivity index (χ1v) is 14.3. The maximum atomic E-state index is 6.48.